The molecule has 0 radical (unpaired) electrons. The summed E-state index contributed by atoms with van der Waals surface area (Å²) in [4.78, 5) is 4.56. The van der Waals surface area contributed by atoms with Gasteiger partial charge < -0.3 is 5.32 Å². The Morgan fingerprint density at radius 3 is 2.68 bits per heavy atom. The second kappa shape index (κ2) is 6.16. The first kappa shape index (κ1) is 14.0. The maximum absolute atomic E-state index is 4.56. The van der Waals surface area contributed by atoms with Crippen LogP contribution < -0.4 is 5.32 Å². The number of nitrogens with one attached hydrogen (secondary N) is 1. The van der Waals surface area contributed by atoms with Gasteiger partial charge in [-0.1, -0.05) is 32.4 Å². The zero-order chi connectivity index (χ0) is 13.8. The molecule has 0 saturated heterocycles. The molecule has 0 saturated carbocycles. The van der Waals surface area contributed by atoms with Gasteiger partial charge in [0, 0.05) is 17.1 Å². The average molecular weight is 256 g/mol. The summed E-state index contributed by atoms with van der Waals surface area (Å²) in [5.41, 5.74) is 3.52. The fourth-order valence-electron chi connectivity index (χ4n) is 2.45. The summed E-state index contributed by atoms with van der Waals surface area (Å²) in [7, 11) is 2.05. The van der Waals surface area contributed by atoms with Crippen LogP contribution >= 0.6 is 0 Å². The molecule has 2 aromatic rings. The Bertz CT molecular complexity index is 548. The molecule has 0 amide bonds. The fraction of sp³-hybridized carbons (Fsp3) is 0.471. The molecular weight excluding hydrogens is 232 g/mol. The number of nitrogens with zero attached hydrogens (tertiary/aromatic N) is 1. The van der Waals surface area contributed by atoms with Crippen LogP contribution in [0, 0.1) is 12.8 Å². The Morgan fingerprint density at radius 2 is 2.00 bits per heavy atom. The van der Waals surface area contributed by atoms with E-state index in [9.17, 15) is 0 Å². The summed E-state index contributed by atoms with van der Waals surface area (Å²) >= 11 is 0. The Hall–Kier alpha value is -1.41. The predicted octanol–water partition coefficient (Wildman–Crippen LogP) is 4.24. The van der Waals surface area contributed by atoms with Gasteiger partial charge in [0.25, 0.3) is 0 Å². The molecule has 1 heterocycles. The van der Waals surface area contributed by atoms with Gasteiger partial charge in [-0.2, -0.15) is 0 Å². The second-order valence-corrected chi connectivity index (χ2v) is 5.50. The van der Waals surface area contributed by atoms with E-state index < -0.39 is 0 Å². The highest BCUT2D eigenvalue weighted by Gasteiger charge is 2.13. The van der Waals surface area contributed by atoms with Crippen molar-refractivity contribution in [3.05, 3.63) is 41.6 Å². The van der Waals surface area contributed by atoms with Crippen molar-refractivity contribution in [2.45, 2.75) is 39.7 Å². The number of aromatic nitrogens is 1. The maximum atomic E-state index is 4.56. The second-order valence-electron chi connectivity index (χ2n) is 5.50. The van der Waals surface area contributed by atoms with Gasteiger partial charge in [-0.25, -0.2) is 0 Å². The van der Waals surface area contributed by atoms with Crippen LogP contribution in [0.1, 0.15) is 44.0 Å². The highest BCUT2D eigenvalue weighted by atomic mass is 14.9. The molecule has 0 aliphatic heterocycles. The van der Waals surface area contributed by atoms with Crippen LogP contribution in [0.25, 0.3) is 10.9 Å². The number of fused-ring (bicyclic) bond motifs is 1. The lowest BCUT2D eigenvalue weighted by atomic mass is 9.93. The predicted molar refractivity (Wildman–Crippen MR) is 82.4 cm³/mol. The van der Waals surface area contributed by atoms with Gasteiger partial charge in [-0.05, 0) is 50.1 Å². The average Bonchev–Trinajstić information content (AvgIpc) is 2.43. The monoisotopic (exact) mass is 256 g/mol. The number of rotatable bonds is 5. The van der Waals surface area contributed by atoms with E-state index >= 15 is 0 Å². The minimum atomic E-state index is 0.431. The largest absolute Gasteiger partial charge is 0.313 e. The smallest absolute Gasteiger partial charge is 0.0705 e. The molecule has 102 valence electrons. The van der Waals surface area contributed by atoms with Crippen molar-refractivity contribution in [3.63, 3.8) is 0 Å². The molecule has 0 spiro atoms. The lowest BCUT2D eigenvalue weighted by Gasteiger charge is -2.20. The van der Waals surface area contributed by atoms with E-state index in [-0.39, 0.29) is 0 Å². The Labute approximate surface area is 116 Å². The quantitative estimate of drug-likeness (QED) is 0.865. The van der Waals surface area contributed by atoms with Crippen LogP contribution in [0.5, 0.6) is 0 Å². The molecule has 2 nitrogen and oxygen atoms in total. The molecule has 2 unspecified atom stereocenters. The third-order valence-corrected chi connectivity index (χ3v) is 3.94. The van der Waals surface area contributed by atoms with Crippen molar-refractivity contribution in [1.82, 2.24) is 10.3 Å². The summed E-state index contributed by atoms with van der Waals surface area (Å²) in [6.45, 7) is 6.60. The summed E-state index contributed by atoms with van der Waals surface area (Å²) < 4.78 is 0. The third-order valence-electron chi connectivity index (χ3n) is 3.94. The molecule has 0 bridgehead atoms. The van der Waals surface area contributed by atoms with E-state index in [1.54, 1.807) is 0 Å². The van der Waals surface area contributed by atoms with Crippen molar-refractivity contribution in [2.24, 2.45) is 5.92 Å². The lowest BCUT2D eigenvalue weighted by molar-refractivity contribution is 0.422. The first-order valence-corrected chi connectivity index (χ1v) is 7.18. The van der Waals surface area contributed by atoms with Gasteiger partial charge in [-0.15, -0.1) is 0 Å². The van der Waals surface area contributed by atoms with E-state index in [0.717, 1.165) is 17.1 Å². The van der Waals surface area contributed by atoms with E-state index in [2.05, 4.69) is 54.5 Å². The maximum Gasteiger partial charge on any atom is 0.0705 e. The van der Waals surface area contributed by atoms with Crippen molar-refractivity contribution in [1.29, 1.82) is 0 Å². The van der Waals surface area contributed by atoms with Crippen LogP contribution in [0.3, 0.4) is 0 Å². The van der Waals surface area contributed by atoms with Crippen LogP contribution in [0.2, 0.25) is 0 Å². The van der Waals surface area contributed by atoms with Crippen LogP contribution in [-0.2, 0) is 0 Å². The number of hydrogen-bond acceptors (Lipinski definition) is 2. The molecule has 2 atom stereocenters. The normalized spacial score (nSPS) is 14.5. The molecule has 0 aliphatic rings. The summed E-state index contributed by atoms with van der Waals surface area (Å²) in [6, 6.07) is 11.3. The molecule has 19 heavy (non-hydrogen) atoms. The lowest BCUT2D eigenvalue weighted by Crippen LogP contribution is -2.18. The first-order chi connectivity index (χ1) is 9.13. The first-order valence-electron chi connectivity index (χ1n) is 7.18. The van der Waals surface area contributed by atoms with Crippen LogP contribution in [0.4, 0.5) is 0 Å². The SMILES string of the molecule is CCC(C)CC(NC)c1ccc2nc(C)ccc2c1. The minimum Gasteiger partial charge on any atom is -0.313 e. The van der Waals surface area contributed by atoms with Crippen molar-refractivity contribution < 1.29 is 0 Å². The van der Waals surface area contributed by atoms with Gasteiger partial charge in [0.15, 0.2) is 0 Å². The van der Waals surface area contributed by atoms with Crippen molar-refractivity contribution in [3.8, 4) is 0 Å². The van der Waals surface area contributed by atoms with Gasteiger partial charge in [-0.3, -0.25) is 4.98 Å². The van der Waals surface area contributed by atoms with Gasteiger partial charge in [0.05, 0.1) is 5.52 Å². The summed E-state index contributed by atoms with van der Waals surface area (Å²) in [6.07, 6.45) is 2.41. The third kappa shape index (κ3) is 3.32. The Morgan fingerprint density at radius 1 is 1.21 bits per heavy atom. The van der Waals surface area contributed by atoms with Gasteiger partial charge in [0.2, 0.25) is 0 Å². The van der Waals surface area contributed by atoms with Crippen LogP contribution in [-0.4, -0.2) is 12.0 Å². The number of pyridine rings is 1. The highest BCUT2D eigenvalue weighted by Crippen LogP contribution is 2.25. The van der Waals surface area contributed by atoms with E-state index in [4.69, 9.17) is 0 Å². The minimum absolute atomic E-state index is 0.431. The standard InChI is InChI=1S/C17H24N2/c1-5-12(2)10-17(18-4)15-8-9-16-14(11-15)7-6-13(3)19-16/h6-9,11-12,17-18H,5,10H2,1-4H3. The Balaban J connectivity index is 2.30. The van der Waals surface area contributed by atoms with Gasteiger partial charge in [0.1, 0.15) is 0 Å². The van der Waals surface area contributed by atoms with E-state index in [0.29, 0.717) is 6.04 Å². The molecule has 1 N–H and O–H groups in total. The molecule has 1 aromatic carbocycles. The molecule has 0 fully saturated rings. The topological polar surface area (TPSA) is 24.9 Å². The van der Waals surface area contributed by atoms with E-state index in [1.807, 2.05) is 14.0 Å². The van der Waals surface area contributed by atoms with E-state index in [1.165, 1.54) is 23.8 Å². The van der Waals surface area contributed by atoms with Gasteiger partial charge >= 0.3 is 0 Å². The molecular formula is C17H24N2. The summed E-state index contributed by atoms with van der Waals surface area (Å²) in [5.74, 6) is 0.740. The molecule has 2 rings (SSSR count). The summed E-state index contributed by atoms with van der Waals surface area (Å²) in [5, 5.41) is 4.67. The highest BCUT2D eigenvalue weighted by molar-refractivity contribution is 5.79. The van der Waals surface area contributed by atoms with Crippen molar-refractivity contribution in [2.75, 3.05) is 7.05 Å². The number of aryl methyl sites for hydroxylation is 1. The molecule has 0 aliphatic carbocycles. The zero-order valence-electron chi connectivity index (χ0n) is 12.4. The van der Waals surface area contributed by atoms with Crippen molar-refractivity contribution >= 4 is 10.9 Å². The molecule has 2 heteroatoms. The number of hydrogen-bond donors (Lipinski definition) is 1. The molecule has 1 aromatic heterocycles. The fourth-order valence-corrected chi connectivity index (χ4v) is 2.45. The van der Waals surface area contributed by atoms with Crippen LogP contribution in [0.15, 0.2) is 30.3 Å². The number of benzene rings is 1. The zero-order valence-corrected chi connectivity index (χ0v) is 12.4. The Kier molecular flexibility index (Phi) is 4.54.